The van der Waals surface area contributed by atoms with Crippen molar-refractivity contribution < 1.29 is 9.53 Å². The van der Waals surface area contributed by atoms with Crippen LogP contribution in [0, 0.1) is 0 Å². The van der Waals surface area contributed by atoms with Crippen LogP contribution in [-0.4, -0.2) is 19.6 Å². The predicted octanol–water partition coefficient (Wildman–Crippen LogP) is 0.910. The van der Waals surface area contributed by atoms with E-state index < -0.39 is 0 Å². The van der Waals surface area contributed by atoms with Crippen LogP contribution in [0.3, 0.4) is 0 Å². The number of hydrogen-bond acceptors (Lipinski definition) is 2. The van der Waals surface area contributed by atoms with Crippen LogP contribution in [0.1, 0.15) is 11.1 Å². The van der Waals surface area contributed by atoms with Gasteiger partial charge in [-0.2, -0.15) is 0 Å². The SMILES string of the molecule is COc1cccc2c1CCNC(=O)C2. The van der Waals surface area contributed by atoms with Crippen molar-refractivity contribution in [3.05, 3.63) is 29.3 Å². The molecule has 1 aliphatic rings. The maximum atomic E-state index is 11.3. The minimum atomic E-state index is 0.0944. The summed E-state index contributed by atoms with van der Waals surface area (Å²) < 4.78 is 5.26. The van der Waals surface area contributed by atoms with Gasteiger partial charge in [0.05, 0.1) is 13.5 Å². The van der Waals surface area contributed by atoms with E-state index in [1.165, 1.54) is 0 Å². The van der Waals surface area contributed by atoms with Crippen LogP contribution < -0.4 is 10.1 Å². The summed E-state index contributed by atoms with van der Waals surface area (Å²) in [5.74, 6) is 0.982. The Morgan fingerprint density at radius 2 is 2.29 bits per heavy atom. The number of carbonyl (C=O) groups excluding carboxylic acids is 1. The van der Waals surface area contributed by atoms with E-state index in [2.05, 4.69) is 5.32 Å². The zero-order valence-corrected chi connectivity index (χ0v) is 8.17. The maximum absolute atomic E-state index is 11.3. The Hall–Kier alpha value is -1.51. The van der Waals surface area contributed by atoms with E-state index in [1.54, 1.807) is 7.11 Å². The number of hydrogen-bond donors (Lipinski definition) is 1. The molecule has 1 amide bonds. The molecule has 0 saturated carbocycles. The maximum Gasteiger partial charge on any atom is 0.224 e. The van der Waals surface area contributed by atoms with Crippen molar-refractivity contribution in [3.8, 4) is 5.75 Å². The van der Waals surface area contributed by atoms with E-state index in [4.69, 9.17) is 4.74 Å². The lowest BCUT2D eigenvalue weighted by Crippen LogP contribution is -2.24. The molecule has 0 aliphatic carbocycles. The van der Waals surface area contributed by atoms with Crippen LogP contribution in [0.25, 0.3) is 0 Å². The topological polar surface area (TPSA) is 38.3 Å². The highest BCUT2D eigenvalue weighted by atomic mass is 16.5. The van der Waals surface area contributed by atoms with Crippen molar-refractivity contribution in [2.24, 2.45) is 0 Å². The second-order valence-electron chi connectivity index (χ2n) is 3.37. The van der Waals surface area contributed by atoms with Gasteiger partial charge in [0.1, 0.15) is 5.75 Å². The van der Waals surface area contributed by atoms with Gasteiger partial charge in [0.2, 0.25) is 5.91 Å². The van der Waals surface area contributed by atoms with Crippen molar-refractivity contribution in [2.75, 3.05) is 13.7 Å². The van der Waals surface area contributed by atoms with E-state index in [-0.39, 0.29) is 5.91 Å². The summed E-state index contributed by atoms with van der Waals surface area (Å²) in [4.78, 5) is 11.3. The van der Waals surface area contributed by atoms with Crippen molar-refractivity contribution in [2.45, 2.75) is 12.8 Å². The Morgan fingerprint density at radius 3 is 3.07 bits per heavy atom. The molecule has 1 aromatic rings. The number of methoxy groups -OCH3 is 1. The van der Waals surface area contributed by atoms with E-state index in [9.17, 15) is 4.79 Å². The van der Waals surface area contributed by atoms with Crippen LogP contribution in [0.2, 0.25) is 0 Å². The predicted molar refractivity (Wildman–Crippen MR) is 53.4 cm³/mol. The molecule has 1 aromatic carbocycles. The van der Waals surface area contributed by atoms with Crippen LogP contribution in [0.15, 0.2) is 18.2 Å². The van der Waals surface area contributed by atoms with Gasteiger partial charge in [-0.15, -0.1) is 0 Å². The summed E-state index contributed by atoms with van der Waals surface area (Å²) in [6.45, 7) is 0.701. The third-order valence-corrected chi connectivity index (χ3v) is 2.50. The van der Waals surface area contributed by atoms with Crippen LogP contribution in [0.4, 0.5) is 0 Å². The lowest BCUT2D eigenvalue weighted by molar-refractivity contribution is -0.120. The Morgan fingerprint density at radius 1 is 1.43 bits per heavy atom. The largest absolute Gasteiger partial charge is 0.496 e. The van der Waals surface area contributed by atoms with Crippen molar-refractivity contribution in [1.29, 1.82) is 0 Å². The monoisotopic (exact) mass is 191 g/mol. The fourth-order valence-electron chi connectivity index (χ4n) is 1.81. The normalized spacial score (nSPS) is 15.4. The molecule has 1 heterocycles. The van der Waals surface area contributed by atoms with Crippen molar-refractivity contribution >= 4 is 5.91 Å². The minimum Gasteiger partial charge on any atom is -0.496 e. The molecule has 0 atom stereocenters. The molecule has 3 nitrogen and oxygen atoms in total. The van der Waals surface area contributed by atoms with Gasteiger partial charge >= 0.3 is 0 Å². The molecule has 0 fully saturated rings. The van der Waals surface area contributed by atoms with E-state index in [0.717, 1.165) is 23.3 Å². The first-order valence-electron chi connectivity index (χ1n) is 4.72. The summed E-state index contributed by atoms with van der Waals surface area (Å²) >= 11 is 0. The Labute approximate surface area is 83.1 Å². The molecule has 74 valence electrons. The van der Waals surface area contributed by atoms with E-state index >= 15 is 0 Å². The second kappa shape index (κ2) is 3.70. The number of benzene rings is 1. The van der Waals surface area contributed by atoms with E-state index in [1.807, 2.05) is 18.2 Å². The fraction of sp³-hybridized carbons (Fsp3) is 0.364. The zero-order chi connectivity index (χ0) is 9.97. The molecule has 1 N–H and O–H groups in total. The number of amides is 1. The summed E-state index contributed by atoms with van der Waals surface area (Å²) in [6.07, 6.45) is 1.32. The van der Waals surface area contributed by atoms with Gasteiger partial charge in [-0.3, -0.25) is 4.79 Å². The third-order valence-electron chi connectivity index (χ3n) is 2.50. The number of fused-ring (bicyclic) bond motifs is 1. The van der Waals surface area contributed by atoms with Gasteiger partial charge in [0.15, 0.2) is 0 Å². The van der Waals surface area contributed by atoms with Gasteiger partial charge in [-0.25, -0.2) is 0 Å². The first-order valence-corrected chi connectivity index (χ1v) is 4.72. The highest BCUT2D eigenvalue weighted by molar-refractivity contribution is 5.80. The third kappa shape index (κ3) is 1.58. The minimum absolute atomic E-state index is 0.0944. The molecule has 2 rings (SSSR count). The van der Waals surface area contributed by atoms with Crippen LogP contribution in [-0.2, 0) is 17.6 Å². The first-order chi connectivity index (χ1) is 6.81. The van der Waals surface area contributed by atoms with Gasteiger partial charge in [0, 0.05) is 6.54 Å². The summed E-state index contributed by atoms with van der Waals surface area (Å²) in [5.41, 5.74) is 2.24. The highest BCUT2D eigenvalue weighted by Gasteiger charge is 2.15. The van der Waals surface area contributed by atoms with Crippen LogP contribution in [0.5, 0.6) is 5.75 Å². The van der Waals surface area contributed by atoms with Gasteiger partial charge in [-0.05, 0) is 23.6 Å². The lowest BCUT2D eigenvalue weighted by atomic mass is 10.0. The first kappa shape index (κ1) is 9.06. The second-order valence-corrected chi connectivity index (χ2v) is 3.37. The van der Waals surface area contributed by atoms with E-state index in [0.29, 0.717) is 13.0 Å². The average Bonchev–Trinajstić information content (AvgIpc) is 2.37. The van der Waals surface area contributed by atoms with Crippen LogP contribution >= 0.6 is 0 Å². The Balaban J connectivity index is 2.43. The molecule has 0 bridgehead atoms. The van der Waals surface area contributed by atoms with Gasteiger partial charge < -0.3 is 10.1 Å². The quantitative estimate of drug-likeness (QED) is 0.716. The summed E-state index contributed by atoms with van der Waals surface area (Å²) in [5, 5.41) is 2.85. The van der Waals surface area contributed by atoms with Gasteiger partial charge in [0.25, 0.3) is 0 Å². The standard InChI is InChI=1S/C11H13NO2/c1-14-10-4-2-3-8-7-11(13)12-6-5-9(8)10/h2-4H,5-7H2,1H3,(H,12,13). The average molecular weight is 191 g/mol. The molecule has 0 saturated heterocycles. The zero-order valence-electron chi connectivity index (χ0n) is 8.17. The fourth-order valence-corrected chi connectivity index (χ4v) is 1.81. The molecular weight excluding hydrogens is 178 g/mol. The summed E-state index contributed by atoms with van der Waals surface area (Å²) in [6, 6.07) is 5.85. The smallest absolute Gasteiger partial charge is 0.224 e. The molecule has 3 heteroatoms. The highest BCUT2D eigenvalue weighted by Crippen LogP contribution is 2.24. The van der Waals surface area contributed by atoms with Crippen molar-refractivity contribution in [3.63, 3.8) is 0 Å². The van der Waals surface area contributed by atoms with Gasteiger partial charge in [-0.1, -0.05) is 12.1 Å². The molecule has 0 aromatic heterocycles. The number of nitrogens with one attached hydrogen (secondary N) is 1. The molecule has 0 unspecified atom stereocenters. The summed E-state index contributed by atoms with van der Waals surface area (Å²) in [7, 11) is 1.66. The number of carbonyl (C=O) groups is 1. The molecular formula is C11H13NO2. The van der Waals surface area contributed by atoms with Crippen molar-refractivity contribution in [1.82, 2.24) is 5.32 Å². The Bertz CT molecular complexity index is 360. The molecule has 0 radical (unpaired) electrons. The molecule has 0 spiro atoms. The Kier molecular flexibility index (Phi) is 2.39. The number of rotatable bonds is 1. The number of ether oxygens (including phenoxy) is 1. The molecule has 1 aliphatic heterocycles. The molecule has 14 heavy (non-hydrogen) atoms. The lowest BCUT2D eigenvalue weighted by Gasteiger charge is -2.09.